The summed E-state index contributed by atoms with van der Waals surface area (Å²) in [5.41, 5.74) is 2.76. The van der Waals surface area contributed by atoms with Crippen molar-refractivity contribution in [3.63, 3.8) is 0 Å². The maximum Gasteiger partial charge on any atom is 0.320 e. The van der Waals surface area contributed by atoms with Crippen molar-refractivity contribution in [3.8, 4) is 0 Å². The summed E-state index contributed by atoms with van der Waals surface area (Å²) in [6, 6.07) is 24.0. The number of hydrogen-bond acceptors (Lipinski definition) is 6. The minimum atomic E-state index is -1.24. The largest absolute Gasteiger partial charge is 0.468 e. The first-order chi connectivity index (χ1) is 23.4. The maximum absolute atomic E-state index is 14.4. The molecule has 3 aromatic carbocycles. The third-order valence-corrected chi connectivity index (χ3v) is 10.1. The lowest BCUT2D eigenvalue weighted by Crippen LogP contribution is -2.60. The van der Waals surface area contributed by atoms with Crippen LogP contribution < -0.4 is 5.32 Å². The highest BCUT2D eigenvalue weighted by Gasteiger charge is 2.59. The number of fused-ring (bicyclic) bond motifs is 2. The molecule has 252 valence electrons. The SMILES string of the molecule is COC(=O)[C@]12C[C@H](CC(=O)NCc3cccc4ccccc34)C(=O)N(CCC3=CCCCC3)C1=C[C@H](COCc1ccccc1)O[C@@H]2C. The number of carbonyl (C=O) groups is 3. The standard InChI is InChI=1S/C40H46N2O6/c1-28-40(39(45)46-2)24-33(22-37(43)41-25-32-18-11-17-31-16-9-10-19-35(31)32)38(44)42(21-20-29-12-5-3-6-13-29)36(40)23-34(48-28)27-47-26-30-14-7-4-8-15-30/h4,7-12,14-19,23,28,33-34H,3,5-6,13,20-22,24-27H2,1-2H3,(H,41,43)/t28-,33+,34-,40+/m1/s1. The van der Waals surface area contributed by atoms with Gasteiger partial charge >= 0.3 is 5.97 Å². The van der Waals surface area contributed by atoms with Crippen LogP contribution in [-0.4, -0.2) is 55.2 Å². The number of piperidine rings is 1. The smallest absolute Gasteiger partial charge is 0.320 e. The number of carbonyl (C=O) groups excluding carboxylic acids is 3. The molecule has 8 heteroatoms. The molecule has 0 spiro atoms. The lowest BCUT2D eigenvalue weighted by molar-refractivity contribution is -0.178. The van der Waals surface area contributed by atoms with Crippen molar-refractivity contribution in [2.24, 2.45) is 11.3 Å². The summed E-state index contributed by atoms with van der Waals surface area (Å²) in [5.74, 6) is -1.55. The fourth-order valence-corrected chi connectivity index (χ4v) is 7.57. The number of benzene rings is 3. The highest BCUT2D eigenvalue weighted by atomic mass is 16.5. The number of nitrogens with zero attached hydrogens (tertiary/aromatic N) is 1. The Morgan fingerprint density at radius 2 is 1.81 bits per heavy atom. The van der Waals surface area contributed by atoms with Gasteiger partial charge < -0.3 is 24.4 Å². The van der Waals surface area contributed by atoms with Gasteiger partial charge in [0.1, 0.15) is 11.5 Å². The third kappa shape index (κ3) is 7.25. The molecule has 1 N–H and O–H groups in total. The highest BCUT2D eigenvalue weighted by molar-refractivity contribution is 5.93. The predicted octanol–water partition coefficient (Wildman–Crippen LogP) is 6.63. The van der Waals surface area contributed by atoms with Crippen LogP contribution in [0.5, 0.6) is 0 Å². The van der Waals surface area contributed by atoms with Crippen LogP contribution >= 0.6 is 0 Å². The van der Waals surface area contributed by atoms with Gasteiger partial charge in [0.2, 0.25) is 11.8 Å². The van der Waals surface area contributed by atoms with Gasteiger partial charge in [0, 0.05) is 31.1 Å². The minimum Gasteiger partial charge on any atom is -0.468 e. The summed E-state index contributed by atoms with van der Waals surface area (Å²) >= 11 is 0. The molecule has 0 bridgehead atoms. The second-order valence-electron chi connectivity index (χ2n) is 13.2. The predicted molar refractivity (Wildman–Crippen MR) is 184 cm³/mol. The average Bonchev–Trinajstić information content (AvgIpc) is 3.11. The number of ether oxygens (including phenoxy) is 3. The number of hydrogen-bond donors (Lipinski definition) is 1. The van der Waals surface area contributed by atoms with Crippen LogP contribution in [0.2, 0.25) is 0 Å². The van der Waals surface area contributed by atoms with Crippen LogP contribution in [0.25, 0.3) is 10.8 Å². The number of nitrogens with one attached hydrogen (secondary N) is 1. The van der Waals surface area contributed by atoms with Crippen molar-refractivity contribution in [1.82, 2.24) is 10.2 Å². The Morgan fingerprint density at radius 1 is 1.02 bits per heavy atom. The fraction of sp³-hybridized carbons (Fsp3) is 0.425. The Bertz CT molecular complexity index is 1680. The molecule has 1 fully saturated rings. The lowest BCUT2D eigenvalue weighted by Gasteiger charge is -2.51. The van der Waals surface area contributed by atoms with Crippen LogP contribution in [-0.2, 0) is 41.7 Å². The van der Waals surface area contributed by atoms with Gasteiger partial charge in [-0.05, 0) is 73.4 Å². The van der Waals surface area contributed by atoms with E-state index in [1.54, 1.807) is 4.90 Å². The van der Waals surface area contributed by atoms with Gasteiger partial charge in [-0.15, -0.1) is 0 Å². The second kappa shape index (κ2) is 15.3. The van der Waals surface area contributed by atoms with Crippen LogP contribution in [0.3, 0.4) is 0 Å². The molecule has 2 amide bonds. The van der Waals surface area contributed by atoms with E-state index in [0.717, 1.165) is 41.2 Å². The highest BCUT2D eigenvalue weighted by Crippen LogP contribution is 2.50. The zero-order valence-electron chi connectivity index (χ0n) is 28.0. The molecule has 48 heavy (non-hydrogen) atoms. The van der Waals surface area contributed by atoms with E-state index in [1.165, 1.54) is 19.1 Å². The molecule has 0 saturated carbocycles. The van der Waals surface area contributed by atoms with E-state index in [-0.39, 0.29) is 31.3 Å². The Morgan fingerprint density at radius 3 is 2.60 bits per heavy atom. The molecule has 1 saturated heterocycles. The molecule has 4 atom stereocenters. The molecule has 3 aliphatic rings. The Hall–Kier alpha value is -4.27. The van der Waals surface area contributed by atoms with E-state index in [2.05, 4.69) is 11.4 Å². The van der Waals surface area contributed by atoms with Crippen molar-refractivity contribution in [1.29, 1.82) is 0 Å². The first-order valence-corrected chi connectivity index (χ1v) is 17.2. The van der Waals surface area contributed by atoms with Gasteiger partial charge in [0.15, 0.2) is 0 Å². The van der Waals surface area contributed by atoms with Crippen molar-refractivity contribution in [3.05, 3.63) is 107 Å². The number of allylic oxidation sites excluding steroid dienone is 1. The van der Waals surface area contributed by atoms with Gasteiger partial charge in [-0.2, -0.15) is 0 Å². The molecule has 6 rings (SSSR count). The summed E-state index contributed by atoms with van der Waals surface area (Å²) in [5, 5.41) is 5.22. The first kappa shape index (κ1) is 33.6. The van der Waals surface area contributed by atoms with Crippen molar-refractivity contribution in [2.75, 3.05) is 20.3 Å². The molecule has 0 unspecified atom stereocenters. The van der Waals surface area contributed by atoms with E-state index in [4.69, 9.17) is 14.2 Å². The average molecular weight is 651 g/mol. The van der Waals surface area contributed by atoms with Crippen LogP contribution in [0, 0.1) is 11.3 Å². The summed E-state index contributed by atoms with van der Waals surface area (Å²) in [6.45, 7) is 3.33. The first-order valence-electron chi connectivity index (χ1n) is 17.2. The normalized spacial score (nSPS) is 24.0. The monoisotopic (exact) mass is 650 g/mol. The summed E-state index contributed by atoms with van der Waals surface area (Å²) in [7, 11) is 1.37. The fourth-order valence-electron chi connectivity index (χ4n) is 7.57. The van der Waals surface area contributed by atoms with E-state index >= 15 is 0 Å². The van der Waals surface area contributed by atoms with E-state index < -0.39 is 29.5 Å². The molecule has 8 nitrogen and oxygen atoms in total. The van der Waals surface area contributed by atoms with Crippen molar-refractivity contribution < 1.29 is 28.6 Å². The maximum atomic E-state index is 14.4. The minimum absolute atomic E-state index is 0.0366. The molecular weight excluding hydrogens is 604 g/mol. The van der Waals surface area contributed by atoms with Gasteiger partial charge in [0.25, 0.3) is 0 Å². The molecule has 2 heterocycles. The number of rotatable bonds is 12. The molecular formula is C40H46N2O6. The molecule has 3 aromatic rings. The van der Waals surface area contributed by atoms with Crippen molar-refractivity contribution >= 4 is 28.6 Å². The number of methoxy groups -OCH3 is 1. The summed E-state index contributed by atoms with van der Waals surface area (Å²) in [4.78, 5) is 43.4. The van der Waals surface area contributed by atoms with Gasteiger partial charge in [-0.1, -0.05) is 84.4 Å². The molecule has 0 radical (unpaired) electrons. The lowest BCUT2D eigenvalue weighted by atomic mass is 9.66. The summed E-state index contributed by atoms with van der Waals surface area (Å²) < 4.78 is 17.9. The quantitative estimate of drug-likeness (QED) is 0.175. The van der Waals surface area contributed by atoms with E-state index in [1.807, 2.05) is 85.8 Å². The van der Waals surface area contributed by atoms with Crippen LogP contribution in [0.4, 0.5) is 0 Å². The van der Waals surface area contributed by atoms with E-state index in [0.29, 0.717) is 31.8 Å². The Kier molecular flexibility index (Phi) is 10.7. The molecule has 0 aromatic heterocycles. The van der Waals surface area contributed by atoms with Crippen LogP contribution in [0.15, 0.2) is 96.2 Å². The molecule has 1 aliphatic carbocycles. The van der Waals surface area contributed by atoms with Crippen molar-refractivity contribution in [2.45, 2.75) is 77.2 Å². The Labute approximate surface area is 283 Å². The van der Waals surface area contributed by atoms with Gasteiger partial charge in [0.05, 0.1) is 26.4 Å². The zero-order valence-corrected chi connectivity index (χ0v) is 28.0. The Balaban J connectivity index is 1.24. The zero-order chi connectivity index (χ0) is 33.5. The summed E-state index contributed by atoms with van der Waals surface area (Å²) in [6.07, 6.45) is 8.28. The topological polar surface area (TPSA) is 94.2 Å². The number of amides is 2. The number of likely N-dealkylation sites (tertiary alicyclic amines) is 1. The second-order valence-corrected chi connectivity index (χ2v) is 13.2. The third-order valence-electron chi connectivity index (χ3n) is 10.1. The van der Waals surface area contributed by atoms with Crippen LogP contribution in [0.1, 0.15) is 63.0 Å². The number of esters is 1. The van der Waals surface area contributed by atoms with Gasteiger partial charge in [-0.25, -0.2) is 0 Å². The van der Waals surface area contributed by atoms with Gasteiger partial charge in [-0.3, -0.25) is 14.4 Å². The molecule has 2 aliphatic heterocycles. The van der Waals surface area contributed by atoms with E-state index in [9.17, 15) is 14.4 Å².